The van der Waals surface area contributed by atoms with Crippen molar-refractivity contribution in [2.45, 2.75) is 19.6 Å². The van der Waals surface area contributed by atoms with Crippen molar-refractivity contribution in [1.29, 1.82) is 0 Å². The average Bonchev–Trinajstić information content (AvgIpc) is 2.28. The molecule has 0 aromatic heterocycles. The van der Waals surface area contributed by atoms with Crippen LogP contribution in [0, 0.1) is 0 Å². The van der Waals surface area contributed by atoms with E-state index < -0.39 is 6.17 Å². The van der Waals surface area contributed by atoms with Gasteiger partial charge in [0.05, 0.1) is 14.2 Å². The molecule has 0 aliphatic heterocycles. The standard InChI is InChI=1S/C11H16FNO3/c1-7(12)9-4-8(6-13-14)10(15-2)5-11(9)16-3/h4-5,7,13-14H,6H2,1-3H3. The first-order valence-electron chi connectivity index (χ1n) is 4.89. The van der Waals surface area contributed by atoms with Crippen molar-refractivity contribution in [3.63, 3.8) is 0 Å². The Labute approximate surface area is 93.9 Å². The lowest BCUT2D eigenvalue weighted by Gasteiger charge is -2.15. The van der Waals surface area contributed by atoms with E-state index in [1.165, 1.54) is 21.1 Å². The number of methoxy groups -OCH3 is 2. The van der Waals surface area contributed by atoms with Gasteiger partial charge in [0.1, 0.15) is 17.7 Å². The monoisotopic (exact) mass is 229 g/mol. The molecule has 0 bridgehead atoms. The molecule has 4 nitrogen and oxygen atoms in total. The lowest BCUT2D eigenvalue weighted by atomic mass is 10.1. The van der Waals surface area contributed by atoms with Gasteiger partial charge in [0.15, 0.2) is 0 Å². The van der Waals surface area contributed by atoms with Crippen LogP contribution in [0.3, 0.4) is 0 Å². The molecule has 0 heterocycles. The highest BCUT2D eigenvalue weighted by atomic mass is 19.1. The van der Waals surface area contributed by atoms with Crippen LogP contribution in [0.2, 0.25) is 0 Å². The van der Waals surface area contributed by atoms with E-state index in [0.29, 0.717) is 22.6 Å². The summed E-state index contributed by atoms with van der Waals surface area (Å²) >= 11 is 0. The van der Waals surface area contributed by atoms with Crippen molar-refractivity contribution in [2.75, 3.05) is 14.2 Å². The van der Waals surface area contributed by atoms with Gasteiger partial charge in [0, 0.05) is 23.7 Å². The molecule has 0 fully saturated rings. The molecule has 1 aromatic carbocycles. The Morgan fingerprint density at radius 1 is 1.31 bits per heavy atom. The van der Waals surface area contributed by atoms with Gasteiger partial charge in [-0.3, -0.25) is 0 Å². The van der Waals surface area contributed by atoms with Crippen LogP contribution in [0.25, 0.3) is 0 Å². The summed E-state index contributed by atoms with van der Waals surface area (Å²) in [6.45, 7) is 1.62. The molecule has 0 amide bonds. The molecule has 1 atom stereocenters. The number of hydrogen-bond acceptors (Lipinski definition) is 4. The van der Waals surface area contributed by atoms with Crippen molar-refractivity contribution in [1.82, 2.24) is 5.48 Å². The number of rotatable bonds is 5. The third kappa shape index (κ3) is 2.62. The third-order valence-corrected chi connectivity index (χ3v) is 2.33. The predicted molar refractivity (Wildman–Crippen MR) is 57.7 cm³/mol. The fourth-order valence-electron chi connectivity index (χ4n) is 1.53. The second-order valence-corrected chi connectivity index (χ2v) is 3.36. The van der Waals surface area contributed by atoms with Crippen LogP contribution in [0.5, 0.6) is 11.5 Å². The SMILES string of the molecule is COc1cc(OC)c(C(C)F)cc1CNO. The predicted octanol–water partition coefficient (Wildman–Crippen LogP) is 2.21. The van der Waals surface area contributed by atoms with Crippen LogP contribution in [-0.2, 0) is 6.54 Å². The Kier molecular flexibility index (Phi) is 4.52. The molecule has 2 N–H and O–H groups in total. The first-order valence-corrected chi connectivity index (χ1v) is 4.89. The van der Waals surface area contributed by atoms with E-state index in [4.69, 9.17) is 14.7 Å². The number of halogens is 1. The molecule has 0 saturated carbocycles. The Hall–Kier alpha value is -1.33. The first kappa shape index (κ1) is 12.7. The molecule has 1 aromatic rings. The summed E-state index contributed by atoms with van der Waals surface area (Å²) in [7, 11) is 2.98. The molecule has 1 rings (SSSR count). The maximum Gasteiger partial charge on any atom is 0.128 e. The van der Waals surface area contributed by atoms with Crippen molar-refractivity contribution >= 4 is 0 Å². The first-order chi connectivity index (χ1) is 7.63. The summed E-state index contributed by atoms with van der Waals surface area (Å²) in [5.41, 5.74) is 3.13. The molecule has 0 aliphatic carbocycles. The van der Waals surface area contributed by atoms with Crippen LogP contribution in [0.4, 0.5) is 4.39 Å². The van der Waals surface area contributed by atoms with E-state index in [1.54, 1.807) is 12.1 Å². The molecule has 0 radical (unpaired) electrons. The van der Waals surface area contributed by atoms with Gasteiger partial charge in [-0.25, -0.2) is 9.87 Å². The third-order valence-electron chi connectivity index (χ3n) is 2.33. The lowest BCUT2D eigenvalue weighted by molar-refractivity contribution is 0.160. The molecule has 0 spiro atoms. The Morgan fingerprint density at radius 3 is 2.38 bits per heavy atom. The lowest BCUT2D eigenvalue weighted by Crippen LogP contribution is -2.09. The largest absolute Gasteiger partial charge is 0.496 e. The number of hydrogen-bond donors (Lipinski definition) is 2. The van der Waals surface area contributed by atoms with E-state index >= 15 is 0 Å². The van der Waals surface area contributed by atoms with Gasteiger partial charge in [0.2, 0.25) is 0 Å². The topological polar surface area (TPSA) is 50.7 Å². The van der Waals surface area contributed by atoms with Gasteiger partial charge in [-0.15, -0.1) is 0 Å². The molecule has 0 saturated heterocycles. The maximum absolute atomic E-state index is 13.3. The summed E-state index contributed by atoms with van der Waals surface area (Å²) < 4.78 is 23.5. The molecule has 0 aliphatic rings. The summed E-state index contributed by atoms with van der Waals surface area (Å²) in [6, 6.07) is 3.23. The zero-order chi connectivity index (χ0) is 12.1. The fraction of sp³-hybridized carbons (Fsp3) is 0.455. The smallest absolute Gasteiger partial charge is 0.128 e. The van der Waals surface area contributed by atoms with E-state index in [9.17, 15) is 4.39 Å². The summed E-state index contributed by atoms with van der Waals surface area (Å²) in [5, 5.41) is 8.67. The number of hydroxylamine groups is 1. The van der Waals surface area contributed by atoms with Gasteiger partial charge < -0.3 is 14.7 Å². The number of ether oxygens (including phenoxy) is 2. The van der Waals surface area contributed by atoms with E-state index in [-0.39, 0.29) is 6.54 Å². The summed E-state index contributed by atoms with van der Waals surface area (Å²) in [6.07, 6.45) is -1.14. The van der Waals surface area contributed by atoms with Crippen molar-refractivity contribution in [2.24, 2.45) is 0 Å². The zero-order valence-corrected chi connectivity index (χ0v) is 9.58. The summed E-state index contributed by atoms with van der Waals surface area (Å²) in [5.74, 6) is 0.983. The quantitative estimate of drug-likeness (QED) is 0.760. The fourth-order valence-corrected chi connectivity index (χ4v) is 1.53. The Morgan fingerprint density at radius 2 is 1.94 bits per heavy atom. The van der Waals surface area contributed by atoms with Gasteiger partial charge in [-0.1, -0.05) is 0 Å². The number of alkyl halides is 1. The van der Waals surface area contributed by atoms with E-state index in [1.807, 2.05) is 5.48 Å². The zero-order valence-electron chi connectivity index (χ0n) is 9.58. The highest BCUT2D eigenvalue weighted by Crippen LogP contribution is 2.34. The van der Waals surface area contributed by atoms with E-state index in [0.717, 1.165) is 0 Å². The number of nitrogens with one attached hydrogen (secondary N) is 1. The van der Waals surface area contributed by atoms with Gasteiger partial charge >= 0.3 is 0 Å². The Bertz CT molecular complexity index is 355. The molecule has 5 heteroatoms. The van der Waals surface area contributed by atoms with Crippen LogP contribution < -0.4 is 15.0 Å². The minimum absolute atomic E-state index is 0.187. The number of benzene rings is 1. The van der Waals surface area contributed by atoms with Crippen LogP contribution in [-0.4, -0.2) is 19.4 Å². The summed E-state index contributed by atoms with van der Waals surface area (Å²) in [4.78, 5) is 0. The average molecular weight is 229 g/mol. The van der Waals surface area contributed by atoms with Gasteiger partial charge in [-0.05, 0) is 13.0 Å². The minimum atomic E-state index is -1.14. The molecular weight excluding hydrogens is 213 g/mol. The van der Waals surface area contributed by atoms with Crippen LogP contribution in [0.1, 0.15) is 24.2 Å². The van der Waals surface area contributed by atoms with Crippen molar-refractivity contribution < 1.29 is 19.1 Å². The van der Waals surface area contributed by atoms with Crippen molar-refractivity contribution in [3.05, 3.63) is 23.3 Å². The second-order valence-electron chi connectivity index (χ2n) is 3.36. The molecular formula is C11H16FNO3. The molecule has 16 heavy (non-hydrogen) atoms. The van der Waals surface area contributed by atoms with Crippen LogP contribution >= 0.6 is 0 Å². The van der Waals surface area contributed by atoms with Crippen LogP contribution in [0.15, 0.2) is 12.1 Å². The normalized spacial score (nSPS) is 12.3. The molecule has 90 valence electrons. The minimum Gasteiger partial charge on any atom is -0.496 e. The van der Waals surface area contributed by atoms with Gasteiger partial charge in [0.25, 0.3) is 0 Å². The maximum atomic E-state index is 13.3. The second kappa shape index (κ2) is 5.67. The van der Waals surface area contributed by atoms with Crippen molar-refractivity contribution in [3.8, 4) is 11.5 Å². The molecule has 1 unspecified atom stereocenters. The highest BCUT2D eigenvalue weighted by Gasteiger charge is 2.15. The Balaban J connectivity index is 3.23. The van der Waals surface area contributed by atoms with Gasteiger partial charge in [-0.2, -0.15) is 0 Å². The highest BCUT2D eigenvalue weighted by molar-refractivity contribution is 5.47. The van der Waals surface area contributed by atoms with E-state index in [2.05, 4.69) is 0 Å².